The predicted molar refractivity (Wildman–Crippen MR) is 80.2 cm³/mol. The molecule has 3 nitrogen and oxygen atoms in total. The molecule has 0 saturated heterocycles. The molecule has 1 saturated carbocycles. The second kappa shape index (κ2) is 5.83. The molecule has 0 aromatic heterocycles. The summed E-state index contributed by atoms with van der Waals surface area (Å²) in [5.74, 6) is 0.930. The smallest absolute Gasteiger partial charge is 0.253 e. The first-order valence-electron chi connectivity index (χ1n) is 6.87. The number of anilines is 1. The first-order chi connectivity index (χ1) is 8.75. The molecule has 1 fully saturated rings. The van der Waals surface area contributed by atoms with Crippen LogP contribution in [-0.2, 0) is 6.42 Å². The average molecular weight is 281 g/mol. The van der Waals surface area contributed by atoms with Crippen LogP contribution in [0.15, 0.2) is 18.2 Å². The van der Waals surface area contributed by atoms with Crippen molar-refractivity contribution >= 4 is 24.0 Å². The lowest BCUT2D eigenvalue weighted by atomic mass is 9.97. The molecule has 1 aromatic rings. The zero-order valence-corrected chi connectivity index (χ0v) is 12.1. The van der Waals surface area contributed by atoms with E-state index in [1.807, 2.05) is 24.1 Å². The van der Waals surface area contributed by atoms with E-state index in [2.05, 4.69) is 11.4 Å². The van der Waals surface area contributed by atoms with Gasteiger partial charge in [-0.2, -0.15) is 0 Å². The molecule has 1 aliphatic carbocycles. The number of nitrogens with zero attached hydrogens (tertiary/aromatic N) is 1. The zero-order chi connectivity index (χ0) is 12.5. The highest BCUT2D eigenvalue weighted by atomic mass is 35.5. The maximum atomic E-state index is 12.5. The van der Waals surface area contributed by atoms with E-state index < -0.39 is 0 Å². The van der Waals surface area contributed by atoms with Crippen LogP contribution in [-0.4, -0.2) is 30.9 Å². The lowest BCUT2D eigenvalue weighted by Crippen LogP contribution is -2.30. The van der Waals surface area contributed by atoms with Gasteiger partial charge >= 0.3 is 0 Å². The van der Waals surface area contributed by atoms with E-state index >= 15 is 0 Å². The minimum Gasteiger partial charge on any atom is -0.385 e. The second-order valence-corrected chi connectivity index (χ2v) is 5.49. The van der Waals surface area contributed by atoms with Crippen molar-refractivity contribution in [3.05, 3.63) is 29.3 Å². The van der Waals surface area contributed by atoms with Gasteiger partial charge in [0.15, 0.2) is 0 Å². The molecular formula is C15H21ClN2O. The van der Waals surface area contributed by atoms with Gasteiger partial charge in [-0.25, -0.2) is 0 Å². The molecule has 104 valence electrons. The van der Waals surface area contributed by atoms with Crippen LogP contribution in [0.5, 0.6) is 0 Å². The number of benzene rings is 1. The van der Waals surface area contributed by atoms with Crippen LogP contribution >= 0.6 is 12.4 Å². The largest absolute Gasteiger partial charge is 0.385 e. The molecule has 0 unspecified atom stereocenters. The summed E-state index contributed by atoms with van der Waals surface area (Å²) in [6.07, 6.45) is 4.70. The Hall–Kier alpha value is -1.22. The van der Waals surface area contributed by atoms with Crippen molar-refractivity contribution in [2.75, 3.05) is 25.5 Å². The number of hydrogen-bond donors (Lipinski definition) is 1. The maximum absolute atomic E-state index is 12.5. The fourth-order valence-corrected chi connectivity index (χ4v) is 2.69. The minimum atomic E-state index is 0. The molecule has 1 N–H and O–H groups in total. The number of fused-ring (bicyclic) bond motifs is 1. The molecule has 4 heteroatoms. The van der Waals surface area contributed by atoms with E-state index in [9.17, 15) is 4.79 Å². The number of carbonyl (C=O) groups excluding carboxylic acids is 1. The van der Waals surface area contributed by atoms with E-state index in [-0.39, 0.29) is 18.3 Å². The Kier molecular flexibility index (Phi) is 4.35. The van der Waals surface area contributed by atoms with Crippen molar-refractivity contribution in [1.29, 1.82) is 0 Å². The SMILES string of the molecule is CN(CC1CC1)C(=O)c1cccc2c1CCCN2.Cl. The number of halogens is 1. The summed E-state index contributed by atoms with van der Waals surface area (Å²) in [4.78, 5) is 14.4. The standard InChI is InChI=1S/C15H20N2O.ClH/c1-17(10-11-7-8-11)15(18)13-4-2-6-14-12(13)5-3-9-16-14;/h2,4,6,11,16H,3,5,7-10H2,1H3;1H. The van der Waals surface area contributed by atoms with Gasteiger partial charge in [0.05, 0.1) is 0 Å². The summed E-state index contributed by atoms with van der Waals surface area (Å²) in [5, 5.41) is 3.38. The van der Waals surface area contributed by atoms with Crippen LogP contribution in [0.25, 0.3) is 0 Å². The summed E-state index contributed by atoms with van der Waals surface area (Å²) in [5.41, 5.74) is 3.24. The van der Waals surface area contributed by atoms with Gasteiger partial charge < -0.3 is 10.2 Å². The number of rotatable bonds is 3. The quantitative estimate of drug-likeness (QED) is 0.923. The van der Waals surface area contributed by atoms with Crippen molar-refractivity contribution in [3.63, 3.8) is 0 Å². The van der Waals surface area contributed by atoms with Crippen LogP contribution in [0.3, 0.4) is 0 Å². The molecule has 0 atom stereocenters. The number of carbonyl (C=O) groups is 1. The van der Waals surface area contributed by atoms with E-state index in [0.717, 1.165) is 43.1 Å². The predicted octanol–water partition coefficient (Wildman–Crippen LogP) is 2.95. The van der Waals surface area contributed by atoms with Gasteiger partial charge in [0.2, 0.25) is 0 Å². The number of nitrogens with one attached hydrogen (secondary N) is 1. The normalized spacial score (nSPS) is 16.9. The molecule has 3 rings (SSSR count). The Balaban J connectivity index is 0.00000133. The summed E-state index contributed by atoms with van der Waals surface area (Å²) in [6, 6.07) is 6.03. The molecule has 1 aromatic carbocycles. The molecular weight excluding hydrogens is 260 g/mol. The molecule has 0 spiro atoms. The molecule has 1 amide bonds. The fraction of sp³-hybridized carbons (Fsp3) is 0.533. The van der Waals surface area contributed by atoms with Gasteiger partial charge in [0, 0.05) is 31.4 Å². The number of hydrogen-bond acceptors (Lipinski definition) is 2. The minimum absolute atomic E-state index is 0. The van der Waals surface area contributed by atoms with Gasteiger partial charge in [-0.3, -0.25) is 4.79 Å². The summed E-state index contributed by atoms with van der Waals surface area (Å²) in [7, 11) is 1.93. The van der Waals surface area contributed by atoms with Gasteiger partial charge in [0.25, 0.3) is 5.91 Å². The van der Waals surface area contributed by atoms with E-state index in [4.69, 9.17) is 0 Å². The molecule has 1 aliphatic heterocycles. The zero-order valence-electron chi connectivity index (χ0n) is 11.3. The van der Waals surface area contributed by atoms with Crippen molar-refractivity contribution in [1.82, 2.24) is 4.90 Å². The van der Waals surface area contributed by atoms with Crippen LogP contribution in [0.1, 0.15) is 35.2 Å². The van der Waals surface area contributed by atoms with Crippen molar-refractivity contribution in [2.24, 2.45) is 5.92 Å². The van der Waals surface area contributed by atoms with Gasteiger partial charge in [-0.1, -0.05) is 6.07 Å². The third-order valence-electron chi connectivity index (χ3n) is 3.90. The third kappa shape index (κ3) is 3.03. The van der Waals surface area contributed by atoms with Gasteiger partial charge in [-0.15, -0.1) is 12.4 Å². The van der Waals surface area contributed by atoms with E-state index in [1.54, 1.807) is 0 Å². The Morgan fingerprint density at radius 1 is 1.42 bits per heavy atom. The maximum Gasteiger partial charge on any atom is 0.253 e. The summed E-state index contributed by atoms with van der Waals surface area (Å²) < 4.78 is 0. The topological polar surface area (TPSA) is 32.3 Å². The lowest BCUT2D eigenvalue weighted by Gasteiger charge is -2.23. The first kappa shape index (κ1) is 14.2. The monoisotopic (exact) mass is 280 g/mol. The van der Waals surface area contributed by atoms with Crippen LogP contribution in [0.4, 0.5) is 5.69 Å². The molecule has 19 heavy (non-hydrogen) atoms. The first-order valence-corrected chi connectivity index (χ1v) is 6.87. The Labute approximate surface area is 120 Å². The Bertz CT molecular complexity index is 471. The fourth-order valence-electron chi connectivity index (χ4n) is 2.69. The van der Waals surface area contributed by atoms with Crippen molar-refractivity contribution in [3.8, 4) is 0 Å². The highest BCUT2D eigenvalue weighted by Gasteiger charge is 2.26. The van der Waals surface area contributed by atoms with Crippen LogP contribution in [0.2, 0.25) is 0 Å². The third-order valence-corrected chi connectivity index (χ3v) is 3.90. The van der Waals surface area contributed by atoms with Gasteiger partial charge in [-0.05, 0) is 49.3 Å². The number of amides is 1. The van der Waals surface area contributed by atoms with Crippen molar-refractivity contribution in [2.45, 2.75) is 25.7 Å². The van der Waals surface area contributed by atoms with Crippen LogP contribution in [0, 0.1) is 5.92 Å². The Morgan fingerprint density at radius 3 is 2.95 bits per heavy atom. The summed E-state index contributed by atoms with van der Waals surface area (Å²) in [6.45, 7) is 1.93. The molecule has 2 aliphatic rings. The highest BCUT2D eigenvalue weighted by Crippen LogP contribution is 2.31. The van der Waals surface area contributed by atoms with E-state index in [0.29, 0.717) is 0 Å². The van der Waals surface area contributed by atoms with Crippen LogP contribution < -0.4 is 5.32 Å². The molecule has 0 radical (unpaired) electrons. The second-order valence-electron chi connectivity index (χ2n) is 5.49. The Morgan fingerprint density at radius 2 is 2.21 bits per heavy atom. The van der Waals surface area contributed by atoms with Crippen molar-refractivity contribution < 1.29 is 4.79 Å². The lowest BCUT2D eigenvalue weighted by molar-refractivity contribution is 0.0787. The average Bonchev–Trinajstić information content (AvgIpc) is 3.21. The summed E-state index contributed by atoms with van der Waals surface area (Å²) >= 11 is 0. The molecule has 1 heterocycles. The van der Waals surface area contributed by atoms with Gasteiger partial charge in [0.1, 0.15) is 0 Å². The molecule has 0 bridgehead atoms. The van der Waals surface area contributed by atoms with E-state index in [1.165, 1.54) is 18.4 Å². The highest BCUT2D eigenvalue weighted by molar-refractivity contribution is 5.97.